The standard InChI is InChI=1S/C27H30ClN3O4/c1-16(2)12-22(31-11-6-5-10-24(31)32)27(35)30-21(15-25(33)34)20-13-19(14-23(28)29-20)26-17(3)8-7-9-18(26)4/h5-11,13-14,16,21-22H,12,15H2,1-4H3,(H,30,35)(H,33,34)/t21-,22-/m0/s1. The van der Waals surface area contributed by atoms with Crippen molar-refractivity contribution in [3.05, 3.63) is 87.1 Å². The molecule has 0 spiro atoms. The predicted molar refractivity (Wildman–Crippen MR) is 136 cm³/mol. The molecule has 7 nitrogen and oxygen atoms in total. The fourth-order valence-corrected chi connectivity index (χ4v) is 4.49. The molecule has 184 valence electrons. The van der Waals surface area contributed by atoms with E-state index in [1.165, 1.54) is 10.6 Å². The van der Waals surface area contributed by atoms with Crippen LogP contribution in [0.5, 0.6) is 0 Å². The van der Waals surface area contributed by atoms with Gasteiger partial charge in [-0.1, -0.05) is 49.7 Å². The molecule has 0 unspecified atom stereocenters. The molecule has 2 atom stereocenters. The number of aryl methyl sites for hydroxylation is 2. The number of amides is 1. The Morgan fingerprint density at radius 3 is 2.37 bits per heavy atom. The monoisotopic (exact) mass is 495 g/mol. The largest absolute Gasteiger partial charge is 0.481 e. The maximum absolute atomic E-state index is 13.4. The summed E-state index contributed by atoms with van der Waals surface area (Å²) in [5.41, 5.74) is 3.89. The van der Waals surface area contributed by atoms with E-state index in [2.05, 4.69) is 10.3 Å². The molecule has 3 rings (SSSR count). The number of carboxylic acids is 1. The van der Waals surface area contributed by atoms with Crippen LogP contribution in [0.3, 0.4) is 0 Å². The van der Waals surface area contributed by atoms with Crippen LogP contribution in [0.25, 0.3) is 11.1 Å². The molecule has 3 aromatic rings. The molecule has 1 aromatic carbocycles. The van der Waals surface area contributed by atoms with E-state index in [1.54, 1.807) is 30.5 Å². The molecular weight excluding hydrogens is 466 g/mol. The van der Waals surface area contributed by atoms with Crippen LogP contribution in [-0.4, -0.2) is 26.5 Å². The molecule has 2 aromatic heterocycles. The fraction of sp³-hybridized carbons (Fsp3) is 0.333. The van der Waals surface area contributed by atoms with E-state index in [0.29, 0.717) is 12.1 Å². The van der Waals surface area contributed by atoms with Gasteiger partial charge < -0.3 is 15.0 Å². The van der Waals surface area contributed by atoms with E-state index >= 15 is 0 Å². The van der Waals surface area contributed by atoms with Gasteiger partial charge in [-0.2, -0.15) is 0 Å². The summed E-state index contributed by atoms with van der Waals surface area (Å²) in [5.74, 6) is -1.42. The zero-order chi connectivity index (χ0) is 25.7. The summed E-state index contributed by atoms with van der Waals surface area (Å²) in [6.45, 7) is 7.89. The Balaban J connectivity index is 2.02. The first-order valence-corrected chi connectivity index (χ1v) is 11.9. The van der Waals surface area contributed by atoms with Crippen LogP contribution in [0.15, 0.2) is 59.5 Å². The number of carbonyl (C=O) groups is 2. The summed E-state index contributed by atoms with van der Waals surface area (Å²) in [5, 5.41) is 12.6. The van der Waals surface area contributed by atoms with Gasteiger partial charge in [-0.3, -0.25) is 14.4 Å². The Morgan fingerprint density at radius 1 is 1.09 bits per heavy atom. The van der Waals surface area contributed by atoms with Crippen molar-refractivity contribution in [2.45, 2.75) is 52.6 Å². The van der Waals surface area contributed by atoms with E-state index in [1.807, 2.05) is 45.9 Å². The van der Waals surface area contributed by atoms with Gasteiger partial charge in [0.05, 0.1) is 18.2 Å². The maximum atomic E-state index is 13.4. The summed E-state index contributed by atoms with van der Waals surface area (Å²) in [4.78, 5) is 41.9. The van der Waals surface area contributed by atoms with Crippen LogP contribution in [0.2, 0.25) is 5.15 Å². The lowest BCUT2D eigenvalue weighted by Gasteiger charge is -2.25. The molecular formula is C27H30ClN3O4. The summed E-state index contributed by atoms with van der Waals surface area (Å²) in [7, 11) is 0. The molecule has 0 fully saturated rings. The molecule has 0 bridgehead atoms. The van der Waals surface area contributed by atoms with E-state index in [4.69, 9.17) is 11.6 Å². The number of aliphatic carboxylic acids is 1. The van der Waals surface area contributed by atoms with Gasteiger partial charge in [-0.15, -0.1) is 0 Å². The number of pyridine rings is 2. The van der Waals surface area contributed by atoms with Crippen molar-refractivity contribution < 1.29 is 14.7 Å². The predicted octanol–water partition coefficient (Wildman–Crippen LogP) is 5.10. The van der Waals surface area contributed by atoms with Crippen LogP contribution in [-0.2, 0) is 9.59 Å². The highest BCUT2D eigenvalue weighted by molar-refractivity contribution is 6.29. The van der Waals surface area contributed by atoms with Crippen molar-refractivity contribution in [1.29, 1.82) is 0 Å². The quantitative estimate of drug-likeness (QED) is 0.402. The number of nitrogens with zero attached hydrogens (tertiary/aromatic N) is 2. The second kappa shape index (κ2) is 11.3. The molecule has 35 heavy (non-hydrogen) atoms. The molecule has 2 heterocycles. The first kappa shape index (κ1) is 26.2. The van der Waals surface area contributed by atoms with Gasteiger partial charge in [0.15, 0.2) is 0 Å². The first-order chi connectivity index (χ1) is 16.6. The zero-order valence-electron chi connectivity index (χ0n) is 20.3. The Kier molecular flexibility index (Phi) is 8.46. The third kappa shape index (κ3) is 6.57. The summed E-state index contributed by atoms with van der Waals surface area (Å²) < 4.78 is 1.38. The first-order valence-electron chi connectivity index (χ1n) is 11.5. The minimum Gasteiger partial charge on any atom is -0.481 e. The average molecular weight is 496 g/mol. The van der Waals surface area contributed by atoms with Gasteiger partial charge >= 0.3 is 5.97 Å². The van der Waals surface area contributed by atoms with Crippen molar-refractivity contribution in [1.82, 2.24) is 14.9 Å². The van der Waals surface area contributed by atoms with Crippen molar-refractivity contribution in [2.75, 3.05) is 0 Å². The van der Waals surface area contributed by atoms with Gasteiger partial charge in [0.1, 0.15) is 11.2 Å². The Labute approximate surface area is 209 Å². The molecule has 0 aliphatic heterocycles. The molecule has 0 saturated heterocycles. The number of carbonyl (C=O) groups excluding carboxylic acids is 1. The minimum absolute atomic E-state index is 0.121. The lowest BCUT2D eigenvalue weighted by molar-refractivity contribution is -0.138. The molecule has 2 N–H and O–H groups in total. The van der Waals surface area contributed by atoms with Crippen LogP contribution in [0.4, 0.5) is 0 Å². The van der Waals surface area contributed by atoms with Gasteiger partial charge in [-0.25, -0.2) is 4.98 Å². The Hall–Kier alpha value is -3.45. The van der Waals surface area contributed by atoms with E-state index in [-0.39, 0.29) is 23.1 Å². The Morgan fingerprint density at radius 2 is 1.77 bits per heavy atom. The number of hydrogen-bond donors (Lipinski definition) is 2. The molecule has 1 amide bonds. The second-order valence-electron chi connectivity index (χ2n) is 9.12. The maximum Gasteiger partial charge on any atom is 0.305 e. The lowest BCUT2D eigenvalue weighted by atomic mass is 9.95. The SMILES string of the molecule is Cc1cccc(C)c1-c1cc(Cl)nc([C@H](CC(=O)O)NC(=O)[C@H](CC(C)C)n2ccccc2=O)c1. The van der Waals surface area contributed by atoms with Gasteiger partial charge in [0, 0.05) is 12.3 Å². The van der Waals surface area contributed by atoms with Crippen molar-refractivity contribution in [3.8, 4) is 11.1 Å². The third-order valence-electron chi connectivity index (χ3n) is 5.82. The normalized spacial score (nSPS) is 12.9. The number of nitrogens with one attached hydrogen (secondary N) is 1. The van der Waals surface area contributed by atoms with Crippen molar-refractivity contribution in [2.24, 2.45) is 5.92 Å². The van der Waals surface area contributed by atoms with Gasteiger partial charge in [0.25, 0.3) is 5.56 Å². The number of rotatable bonds is 9. The van der Waals surface area contributed by atoms with Crippen LogP contribution in [0, 0.1) is 19.8 Å². The number of aromatic nitrogens is 2. The highest BCUT2D eigenvalue weighted by atomic mass is 35.5. The van der Waals surface area contributed by atoms with E-state index in [9.17, 15) is 19.5 Å². The molecule has 0 aliphatic carbocycles. The van der Waals surface area contributed by atoms with E-state index in [0.717, 1.165) is 22.3 Å². The van der Waals surface area contributed by atoms with E-state index < -0.39 is 24.0 Å². The average Bonchev–Trinajstić information content (AvgIpc) is 2.76. The highest BCUT2D eigenvalue weighted by Gasteiger charge is 2.27. The van der Waals surface area contributed by atoms with Gasteiger partial charge in [0.2, 0.25) is 5.91 Å². The summed E-state index contributed by atoms with van der Waals surface area (Å²) >= 11 is 6.35. The zero-order valence-corrected chi connectivity index (χ0v) is 21.0. The topological polar surface area (TPSA) is 101 Å². The molecule has 8 heteroatoms. The lowest BCUT2D eigenvalue weighted by Crippen LogP contribution is -2.40. The minimum atomic E-state index is -1.09. The van der Waals surface area contributed by atoms with Crippen molar-refractivity contribution >= 4 is 23.5 Å². The second-order valence-corrected chi connectivity index (χ2v) is 9.51. The van der Waals surface area contributed by atoms with Crippen LogP contribution >= 0.6 is 11.6 Å². The smallest absolute Gasteiger partial charge is 0.305 e. The Bertz CT molecular complexity index is 1270. The number of benzene rings is 1. The van der Waals surface area contributed by atoms with Crippen molar-refractivity contribution in [3.63, 3.8) is 0 Å². The summed E-state index contributed by atoms with van der Waals surface area (Å²) in [6, 6.07) is 12.4. The number of hydrogen-bond acceptors (Lipinski definition) is 4. The number of carboxylic acid groups (broad SMARTS) is 1. The third-order valence-corrected chi connectivity index (χ3v) is 6.01. The molecule has 0 aliphatic rings. The van der Waals surface area contributed by atoms with Crippen LogP contribution in [0.1, 0.15) is 55.6 Å². The molecule has 0 radical (unpaired) electrons. The van der Waals surface area contributed by atoms with Crippen LogP contribution < -0.4 is 10.9 Å². The van der Waals surface area contributed by atoms with Gasteiger partial charge in [-0.05, 0) is 66.6 Å². The molecule has 0 saturated carbocycles. The fourth-order valence-electron chi connectivity index (χ4n) is 4.27. The highest BCUT2D eigenvalue weighted by Crippen LogP contribution is 2.31. The number of halogens is 1. The summed E-state index contributed by atoms with van der Waals surface area (Å²) in [6.07, 6.45) is 1.59.